The average Bonchev–Trinajstić information content (AvgIpc) is 3.10. The molecule has 25 heavy (non-hydrogen) atoms. The first-order chi connectivity index (χ1) is 12.0. The SMILES string of the molecule is Cc1cn2c(n1)CC[C@H](NC(=O)Cc1coc3cc(C)c(C)cc13)C2. The van der Waals surface area contributed by atoms with Crippen molar-refractivity contribution in [3.63, 3.8) is 0 Å². The van der Waals surface area contributed by atoms with Crippen LogP contribution in [0.25, 0.3) is 11.0 Å². The molecular formula is C20H23N3O2. The van der Waals surface area contributed by atoms with Crippen molar-refractivity contribution in [2.45, 2.75) is 52.6 Å². The highest BCUT2D eigenvalue weighted by Gasteiger charge is 2.21. The first-order valence-electron chi connectivity index (χ1n) is 8.79. The zero-order chi connectivity index (χ0) is 17.6. The number of amides is 1. The molecule has 2 aromatic heterocycles. The topological polar surface area (TPSA) is 60.1 Å². The third kappa shape index (κ3) is 3.06. The fraction of sp³-hybridized carbons (Fsp3) is 0.400. The van der Waals surface area contributed by atoms with Crippen LogP contribution in [-0.2, 0) is 24.2 Å². The molecule has 1 amide bonds. The molecule has 0 radical (unpaired) electrons. The third-order valence-corrected chi connectivity index (χ3v) is 5.10. The summed E-state index contributed by atoms with van der Waals surface area (Å²) in [6.45, 7) is 6.95. The molecule has 0 aliphatic carbocycles. The Kier molecular flexibility index (Phi) is 3.86. The number of furan rings is 1. The normalized spacial score (nSPS) is 16.8. The molecule has 0 saturated carbocycles. The van der Waals surface area contributed by atoms with Crippen LogP contribution < -0.4 is 5.32 Å². The van der Waals surface area contributed by atoms with Crippen LogP contribution in [0.15, 0.2) is 29.0 Å². The minimum absolute atomic E-state index is 0.0474. The number of hydrogen-bond acceptors (Lipinski definition) is 3. The summed E-state index contributed by atoms with van der Waals surface area (Å²) in [5.74, 6) is 1.17. The molecule has 5 nitrogen and oxygen atoms in total. The molecular weight excluding hydrogens is 314 g/mol. The highest BCUT2D eigenvalue weighted by Crippen LogP contribution is 2.25. The van der Waals surface area contributed by atoms with Crippen molar-refractivity contribution in [2.75, 3.05) is 0 Å². The Labute approximate surface area is 147 Å². The van der Waals surface area contributed by atoms with Gasteiger partial charge >= 0.3 is 0 Å². The van der Waals surface area contributed by atoms with Gasteiger partial charge in [0.1, 0.15) is 11.4 Å². The summed E-state index contributed by atoms with van der Waals surface area (Å²) in [5.41, 5.74) is 5.25. The molecule has 130 valence electrons. The maximum absolute atomic E-state index is 12.5. The second-order valence-electron chi connectivity index (χ2n) is 7.12. The number of carbonyl (C=O) groups excluding carboxylic acids is 1. The van der Waals surface area contributed by atoms with Crippen LogP contribution in [-0.4, -0.2) is 21.5 Å². The van der Waals surface area contributed by atoms with Crippen molar-refractivity contribution in [1.29, 1.82) is 0 Å². The largest absolute Gasteiger partial charge is 0.464 e. The number of aromatic nitrogens is 2. The molecule has 0 saturated heterocycles. The standard InChI is InChI=1S/C20H23N3O2/c1-12-6-17-15(11-25-18(17)7-13(12)2)8-20(24)22-16-4-5-19-21-14(3)9-23(19)10-16/h6-7,9,11,16H,4-5,8,10H2,1-3H3,(H,22,24)/t16-/m0/s1. The number of benzene rings is 1. The number of fused-ring (bicyclic) bond motifs is 2. The molecule has 1 aliphatic heterocycles. The number of aryl methyl sites for hydroxylation is 4. The van der Waals surface area contributed by atoms with Gasteiger partial charge in [0, 0.05) is 36.2 Å². The van der Waals surface area contributed by atoms with Gasteiger partial charge in [-0.2, -0.15) is 0 Å². The van der Waals surface area contributed by atoms with Crippen LogP contribution in [0, 0.1) is 20.8 Å². The number of imidazole rings is 1. The minimum atomic E-state index is 0.0474. The summed E-state index contributed by atoms with van der Waals surface area (Å²) < 4.78 is 7.79. The predicted molar refractivity (Wildman–Crippen MR) is 96.6 cm³/mol. The van der Waals surface area contributed by atoms with Gasteiger partial charge < -0.3 is 14.3 Å². The van der Waals surface area contributed by atoms with Crippen molar-refractivity contribution < 1.29 is 9.21 Å². The Hall–Kier alpha value is -2.56. The summed E-state index contributed by atoms with van der Waals surface area (Å²) in [6.07, 6.45) is 5.96. The lowest BCUT2D eigenvalue weighted by molar-refractivity contribution is -0.121. The smallest absolute Gasteiger partial charge is 0.224 e. The summed E-state index contributed by atoms with van der Waals surface area (Å²) in [4.78, 5) is 17.0. The quantitative estimate of drug-likeness (QED) is 0.798. The molecule has 1 atom stereocenters. The highest BCUT2D eigenvalue weighted by molar-refractivity contribution is 5.88. The maximum Gasteiger partial charge on any atom is 0.224 e. The monoisotopic (exact) mass is 337 g/mol. The Morgan fingerprint density at radius 1 is 1.32 bits per heavy atom. The Morgan fingerprint density at radius 2 is 2.12 bits per heavy atom. The number of hydrogen-bond donors (Lipinski definition) is 1. The summed E-state index contributed by atoms with van der Waals surface area (Å²) in [7, 11) is 0. The van der Waals surface area contributed by atoms with E-state index in [1.165, 1.54) is 11.1 Å². The van der Waals surface area contributed by atoms with Gasteiger partial charge in [0.25, 0.3) is 0 Å². The molecule has 0 fully saturated rings. The lowest BCUT2D eigenvalue weighted by atomic mass is 10.0. The van der Waals surface area contributed by atoms with Gasteiger partial charge in [-0.15, -0.1) is 0 Å². The van der Waals surface area contributed by atoms with Crippen LogP contribution in [0.4, 0.5) is 0 Å². The minimum Gasteiger partial charge on any atom is -0.464 e. The molecule has 3 heterocycles. The molecule has 1 aromatic carbocycles. The Bertz CT molecular complexity index is 951. The van der Waals surface area contributed by atoms with Crippen LogP contribution in [0.5, 0.6) is 0 Å². The van der Waals surface area contributed by atoms with E-state index in [1.807, 2.05) is 13.0 Å². The molecule has 1 N–H and O–H groups in total. The van der Waals surface area contributed by atoms with E-state index in [1.54, 1.807) is 6.26 Å². The number of carbonyl (C=O) groups is 1. The maximum atomic E-state index is 12.5. The van der Waals surface area contributed by atoms with E-state index in [2.05, 4.69) is 41.0 Å². The summed E-state index contributed by atoms with van der Waals surface area (Å²) in [5, 5.41) is 4.21. The van der Waals surface area contributed by atoms with Gasteiger partial charge in [-0.05, 0) is 50.5 Å². The lowest BCUT2D eigenvalue weighted by Crippen LogP contribution is -2.41. The van der Waals surface area contributed by atoms with Gasteiger partial charge in [0.05, 0.1) is 18.4 Å². The van der Waals surface area contributed by atoms with Gasteiger partial charge in [0.15, 0.2) is 0 Å². The molecule has 3 aromatic rings. The third-order valence-electron chi connectivity index (χ3n) is 5.10. The molecule has 5 heteroatoms. The second kappa shape index (κ2) is 6.06. The first kappa shape index (κ1) is 15.9. The van der Waals surface area contributed by atoms with E-state index in [-0.39, 0.29) is 11.9 Å². The van der Waals surface area contributed by atoms with E-state index in [0.717, 1.165) is 47.4 Å². The van der Waals surface area contributed by atoms with E-state index in [0.29, 0.717) is 6.42 Å². The Balaban J connectivity index is 1.45. The van der Waals surface area contributed by atoms with Gasteiger partial charge in [-0.3, -0.25) is 4.79 Å². The fourth-order valence-electron chi connectivity index (χ4n) is 3.63. The van der Waals surface area contributed by atoms with Crippen molar-refractivity contribution in [2.24, 2.45) is 0 Å². The van der Waals surface area contributed by atoms with E-state index < -0.39 is 0 Å². The van der Waals surface area contributed by atoms with Crippen LogP contribution in [0.1, 0.15) is 34.6 Å². The fourth-order valence-corrected chi connectivity index (χ4v) is 3.63. The van der Waals surface area contributed by atoms with Gasteiger partial charge in [-0.25, -0.2) is 4.98 Å². The van der Waals surface area contributed by atoms with E-state index in [4.69, 9.17) is 4.42 Å². The average molecular weight is 337 g/mol. The molecule has 4 rings (SSSR count). The zero-order valence-corrected chi connectivity index (χ0v) is 14.9. The van der Waals surface area contributed by atoms with Crippen LogP contribution in [0.2, 0.25) is 0 Å². The van der Waals surface area contributed by atoms with Crippen LogP contribution in [0.3, 0.4) is 0 Å². The second-order valence-corrected chi connectivity index (χ2v) is 7.12. The summed E-state index contributed by atoms with van der Waals surface area (Å²) in [6, 6.07) is 4.31. The molecule has 0 unspecified atom stereocenters. The lowest BCUT2D eigenvalue weighted by Gasteiger charge is -2.24. The first-order valence-corrected chi connectivity index (χ1v) is 8.79. The van der Waals surface area contributed by atoms with Crippen LogP contribution >= 0.6 is 0 Å². The highest BCUT2D eigenvalue weighted by atomic mass is 16.3. The van der Waals surface area contributed by atoms with Gasteiger partial charge in [-0.1, -0.05) is 0 Å². The predicted octanol–water partition coefficient (Wildman–Crippen LogP) is 3.23. The molecule has 0 spiro atoms. The van der Waals surface area contributed by atoms with Crippen molar-refractivity contribution in [3.8, 4) is 0 Å². The summed E-state index contributed by atoms with van der Waals surface area (Å²) >= 11 is 0. The van der Waals surface area contributed by atoms with E-state index in [9.17, 15) is 4.79 Å². The number of nitrogens with zero attached hydrogens (tertiary/aromatic N) is 2. The molecule has 1 aliphatic rings. The van der Waals surface area contributed by atoms with Gasteiger partial charge in [0.2, 0.25) is 5.91 Å². The number of nitrogens with one attached hydrogen (secondary N) is 1. The molecule has 0 bridgehead atoms. The van der Waals surface area contributed by atoms with Crippen molar-refractivity contribution in [1.82, 2.24) is 14.9 Å². The zero-order valence-electron chi connectivity index (χ0n) is 14.9. The Morgan fingerprint density at radius 3 is 2.96 bits per heavy atom. The van der Waals surface area contributed by atoms with E-state index >= 15 is 0 Å². The van der Waals surface area contributed by atoms with Crippen molar-refractivity contribution in [3.05, 3.63) is 52.8 Å². The number of rotatable bonds is 3. The van der Waals surface area contributed by atoms with Crippen molar-refractivity contribution >= 4 is 16.9 Å².